The highest BCUT2D eigenvalue weighted by Gasteiger charge is 2.17. The summed E-state index contributed by atoms with van der Waals surface area (Å²) in [6.07, 6.45) is 2.58. The van der Waals surface area contributed by atoms with Crippen molar-refractivity contribution >= 4 is 29.2 Å². The number of carbonyl (C=O) groups excluding carboxylic acids is 2. The van der Waals surface area contributed by atoms with E-state index in [1.54, 1.807) is 17.0 Å². The van der Waals surface area contributed by atoms with Gasteiger partial charge in [-0.2, -0.15) is 0 Å². The molecule has 4 rings (SSSR count). The Balaban J connectivity index is 1.50. The first-order valence-electron chi connectivity index (χ1n) is 10.3. The van der Waals surface area contributed by atoms with Crippen molar-refractivity contribution in [1.82, 2.24) is 15.4 Å². The van der Waals surface area contributed by atoms with Crippen LogP contribution in [0.1, 0.15) is 26.3 Å². The molecule has 35 heavy (non-hydrogen) atoms. The molecule has 176 valence electrons. The van der Waals surface area contributed by atoms with Crippen LogP contribution in [0.3, 0.4) is 0 Å². The summed E-state index contributed by atoms with van der Waals surface area (Å²) in [7, 11) is 0. The molecule has 0 aliphatic carbocycles. The van der Waals surface area contributed by atoms with E-state index in [0.717, 1.165) is 0 Å². The number of anilines is 3. The molecule has 0 aliphatic heterocycles. The number of benzene rings is 3. The molecule has 0 radical (unpaired) electrons. The van der Waals surface area contributed by atoms with Gasteiger partial charge >= 0.3 is 5.97 Å². The van der Waals surface area contributed by atoms with E-state index in [1.165, 1.54) is 78.5 Å². The zero-order chi connectivity index (χ0) is 24.8. The molecular weight excluding hydrogens is 458 g/mol. The van der Waals surface area contributed by atoms with Crippen LogP contribution in [0, 0.1) is 11.6 Å². The van der Waals surface area contributed by atoms with E-state index in [-0.39, 0.29) is 23.7 Å². The molecule has 3 aromatic carbocycles. The number of amides is 1. The van der Waals surface area contributed by atoms with Gasteiger partial charge in [0.05, 0.1) is 5.56 Å². The van der Waals surface area contributed by atoms with Gasteiger partial charge in [0.1, 0.15) is 18.2 Å². The van der Waals surface area contributed by atoms with Crippen LogP contribution in [-0.2, 0) is 11.3 Å². The van der Waals surface area contributed by atoms with Crippen LogP contribution < -0.4 is 10.4 Å². The summed E-state index contributed by atoms with van der Waals surface area (Å²) in [6.45, 7) is -0.0567. The molecular formula is C25H18F2N4O4. The third-order valence-corrected chi connectivity index (χ3v) is 4.93. The summed E-state index contributed by atoms with van der Waals surface area (Å²) in [6, 6.07) is 17.3. The van der Waals surface area contributed by atoms with Crippen LogP contribution in [0.25, 0.3) is 0 Å². The summed E-state index contributed by atoms with van der Waals surface area (Å²) in [5.74, 6) is -1.97. The number of rotatable bonds is 7. The van der Waals surface area contributed by atoms with Crippen molar-refractivity contribution in [2.75, 3.05) is 4.90 Å². The van der Waals surface area contributed by atoms with E-state index in [4.69, 9.17) is 9.94 Å². The lowest BCUT2D eigenvalue weighted by atomic mass is 10.1. The van der Waals surface area contributed by atoms with Gasteiger partial charge < -0.3 is 4.74 Å². The smallest absolute Gasteiger partial charge is 0.341 e. The van der Waals surface area contributed by atoms with Gasteiger partial charge in [-0.3, -0.25) is 14.9 Å². The van der Waals surface area contributed by atoms with Gasteiger partial charge in [0, 0.05) is 29.3 Å². The van der Waals surface area contributed by atoms with Crippen molar-refractivity contribution in [2.45, 2.75) is 6.61 Å². The highest BCUT2D eigenvalue weighted by molar-refractivity contribution is 5.93. The van der Waals surface area contributed by atoms with Crippen molar-refractivity contribution in [3.63, 3.8) is 0 Å². The molecule has 0 atom stereocenters. The lowest BCUT2D eigenvalue weighted by molar-refractivity contribution is 0.0471. The monoisotopic (exact) mass is 476 g/mol. The second-order valence-corrected chi connectivity index (χ2v) is 7.27. The van der Waals surface area contributed by atoms with Gasteiger partial charge in [-0.25, -0.2) is 29.0 Å². The van der Waals surface area contributed by atoms with Crippen LogP contribution in [0.15, 0.2) is 85.2 Å². The van der Waals surface area contributed by atoms with Gasteiger partial charge in [0.25, 0.3) is 5.91 Å². The zero-order valence-corrected chi connectivity index (χ0v) is 18.1. The largest absolute Gasteiger partial charge is 0.457 e. The number of hydrogen-bond acceptors (Lipinski definition) is 7. The second-order valence-electron chi connectivity index (χ2n) is 7.27. The molecule has 0 saturated carbocycles. The average Bonchev–Trinajstić information content (AvgIpc) is 2.90. The molecule has 0 unspecified atom stereocenters. The quantitative estimate of drug-likeness (QED) is 0.226. The molecule has 0 aliphatic rings. The van der Waals surface area contributed by atoms with E-state index in [0.29, 0.717) is 16.9 Å². The van der Waals surface area contributed by atoms with Gasteiger partial charge in [0.15, 0.2) is 0 Å². The van der Waals surface area contributed by atoms with Gasteiger partial charge in [0.2, 0.25) is 5.95 Å². The fourth-order valence-electron chi connectivity index (χ4n) is 3.15. The minimum Gasteiger partial charge on any atom is -0.457 e. The zero-order valence-electron chi connectivity index (χ0n) is 18.1. The van der Waals surface area contributed by atoms with Gasteiger partial charge in [-0.15, -0.1) is 0 Å². The summed E-state index contributed by atoms with van der Waals surface area (Å²) in [4.78, 5) is 33.9. The van der Waals surface area contributed by atoms with Crippen molar-refractivity contribution in [1.29, 1.82) is 0 Å². The van der Waals surface area contributed by atoms with Crippen LogP contribution in [0.4, 0.5) is 26.1 Å². The summed E-state index contributed by atoms with van der Waals surface area (Å²) in [5.41, 5.74) is 3.58. The maximum absolute atomic E-state index is 13.4. The number of hydrogen-bond donors (Lipinski definition) is 2. The van der Waals surface area contributed by atoms with Gasteiger partial charge in [-0.05, 0) is 66.2 Å². The Bertz CT molecular complexity index is 1270. The molecule has 2 N–H and O–H groups in total. The highest BCUT2D eigenvalue weighted by Crippen LogP contribution is 2.32. The molecule has 0 fully saturated rings. The number of hydroxylamine groups is 1. The topological polar surface area (TPSA) is 105 Å². The maximum atomic E-state index is 13.4. The van der Waals surface area contributed by atoms with Crippen LogP contribution in [0.5, 0.6) is 0 Å². The third-order valence-electron chi connectivity index (χ3n) is 4.93. The Morgan fingerprint density at radius 1 is 0.800 bits per heavy atom. The Kier molecular flexibility index (Phi) is 7.03. The first-order chi connectivity index (χ1) is 16.9. The number of halogens is 2. The highest BCUT2D eigenvalue weighted by atomic mass is 19.1. The molecule has 8 nitrogen and oxygen atoms in total. The maximum Gasteiger partial charge on any atom is 0.341 e. The van der Waals surface area contributed by atoms with E-state index in [1.807, 2.05) is 0 Å². The number of nitrogens with one attached hydrogen (secondary N) is 1. The first kappa shape index (κ1) is 23.5. The van der Waals surface area contributed by atoms with E-state index in [2.05, 4.69) is 9.97 Å². The number of aromatic nitrogens is 2. The van der Waals surface area contributed by atoms with E-state index >= 15 is 0 Å². The number of ether oxygens (including phenoxy) is 1. The molecule has 1 aromatic heterocycles. The molecule has 4 aromatic rings. The molecule has 1 amide bonds. The molecule has 1 heterocycles. The van der Waals surface area contributed by atoms with Crippen LogP contribution >= 0.6 is 0 Å². The van der Waals surface area contributed by atoms with Gasteiger partial charge in [-0.1, -0.05) is 12.1 Å². The van der Waals surface area contributed by atoms with Crippen molar-refractivity contribution in [3.05, 3.63) is 114 Å². The summed E-state index contributed by atoms with van der Waals surface area (Å²) in [5, 5.41) is 8.65. The fraction of sp³-hybridized carbons (Fsp3) is 0.0400. The van der Waals surface area contributed by atoms with Crippen molar-refractivity contribution < 1.29 is 28.3 Å². The minimum atomic E-state index is -0.663. The predicted octanol–water partition coefficient (Wildman–Crippen LogP) is 4.70. The summed E-state index contributed by atoms with van der Waals surface area (Å²) >= 11 is 0. The molecule has 10 heteroatoms. The number of esters is 1. The Morgan fingerprint density at radius 3 is 1.80 bits per heavy atom. The van der Waals surface area contributed by atoms with Crippen LogP contribution in [0.2, 0.25) is 0 Å². The van der Waals surface area contributed by atoms with E-state index in [9.17, 15) is 18.4 Å². The van der Waals surface area contributed by atoms with Crippen molar-refractivity contribution in [3.8, 4) is 0 Å². The lowest BCUT2D eigenvalue weighted by Gasteiger charge is -2.23. The first-order valence-corrected chi connectivity index (χ1v) is 10.3. The minimum absolute atomic E-state index is 0.0567. The SMILES string of the molecule is O=C(NO)c1ccc(COC(=O)c2cnc(N(c3ccc(F)cc3)c3ccc(F)cc3)nc2)cc1. The Labute approximate surface area is 198 Å². The molecule has 0 saturated heterocycles. The Morgan fingerprint density at radius 2 is 1.31 bits per heavy atom. The van der Waals surface area contributed by atoms with E-state index < -0.39 is 23.5 Å². The number of nitrogens with zero attached hydrogens (tertiary/aromatic N) is 3. The average molecular weight is 476 g/mol. The fourth-order valence-corrected chi connectivity index (χ4v) is 3.15. The van der Waals surface area contributed by atoms with Crippen LogP contribution in [-0.4, -0.2) is 27.1 Å². The van der Waals surface area contributed by atoms with Crippen molar-refractivity contribution in [2.24, 2.45) is 0 Å². The predicted molar refractivity (Wildman–Crippen MR) is 121 cm³/mol. The Hall–Kier alpha value is -4.70. The standard InChI is InChI=1S/C25H18F2N4O4/c26-19-5-9-21(10-6-19)31(22-11-7-20(27)8-12-22)25-28-13-18(14-29-25)24(33)35-15-16-1-3-17(4-2-16)23(32)30-34/h1-14,34H,15H2,(H,30,32). The third kappa shape index (κ3) is 5.63. The second kappa shape index (κ2) is 10.5. The summed E-state index contributed by atoms with van der Waals surface area (Å²) < 4.78 is 32.1. The molecule has 0 bridgehead atoms. The number of carbonyl (C=O) groups is 2. The molecule has 0 spiro atoms. The lowest BCUT2D eigenvalue weighted by Crippen LogP contribution is -2.18. The normalized spacial score (nSPS) is 10.5.